The normalized spacial score (nSPS) is 20.9. The summed E-state index contributed by atoms with van der Waals surface area (Å²) in [6.07, 6.45) is 2.54. The van der Waals surface area contributed by atoms with Gasteiger partial charge in [0.2, 0.25) is 5.95 Å². The highest BCUT2D eigenvalue weighted by molar-refractivity contribution is 7.99. The third-order valence-electron chi connectivity index (χ3n) is 3.13. The van der Waals surface area contributed by atoms with E-state index in [2.05, 4.69) is 26.6 Å². The minimum absolute atomic E-state index is 0.636. The molecule has 3 rings (SSSR count). The summed E-state index contributed by atoms with van der Waals surface area (Å²) in [4.78, 5) is 2.30. The minimum atomic E-state index is 0.636. The van der Waals surface area contributed by atoms with E-state index in [1.54, 1.807) is 11.8 Å². The first kappa shape index (κ1) is 11.3. The standard InChI is InChI=1S/C11H18N4OS/c1-2-17-11-13-12-10(15(11)9-3-4-9)14-5-7-16-8-6-14/h9H,2-8H2,1H3. The molecule has 5 nitrogen and oxygen atoms in total. The van der Waals surface area contributed by atoms with Gasteiger partial charge in [-0.2, -0.15) is 0 Å². The number of nitrogens with zero attached hydrogens (tertiary/aromatic N) is 4. The van der Waals surface area contributed by atoms with Crippen molar-refractivity contribution in [3.05, 3.63) is 0 Å². The zero-order chi connectivity index (χ0) is 11.7. The highest BCUT2D eigenvalue weighted by Crippen LogP contribution is 2.40. The number of rotatable bonds is 4. The molecule has 0 unspecified atom stereocenters. The average molecular weight is 254 g/mol. The lowest BCUT2D eigenvalue weighted by Gasteiger charge is -2.27. The summed E-state index contributed by atoms with van der Waals surface area (Å²) in [6, 6.07) is 0.636. The average Bonchev–Trinajstić information content (AvgIpc) is 3.12. The second kappa shape index (κ2) is 4.86. The summed E-state index contributed by atoms with van der Waals surface area (Å²) in [6.45, 7) is 5.62. The first-order valence-electron chi connectivity index (χ1n) is 6.30. The molecule has 0 atom stereocenters. The van der Waals surface area contributed by atoms with Crippen LogP contribution in [-0.4, -0.2) is 46.8 Å². The van der Waals surface area contributed by atoms with Crippen LogP contribution in [0.5, 0.6) is 0 Å². The molecule has 0 amide bonds. The number of aromatic nitrogens is 3. The maximum atomic E-state index is 5.39. The van der Waals surface area contributed by atoms with Gasteiger partial charge in [-0.05, 0) is 18.6 Å². The fraction of sp³-hybridized carbons (Fsp3) is 0.818. The second-order valence-electron chi connectivity index (χ2n) is 4.42. The van der Waals surface area contributed by atoms with Gasteiger partial charge in [0.15, 0.2) is 5.16 Å². The molecule has 6 heteroatoms. The Kier molecular flexibility index (Phi) is 3.24. The van der Waals surface area contributed by atoms with E-state index in [1.165, 1.54) is 12.8 Å². The maximum Gasteiger partial charge on any atom is 0.228 e. The molecular weight excluding hydrogens is 236 g/mol. The van der Waals surface area contributed by atoms with Crippen molar-refractivity contribution in [3.8, 4) is 0 Å². The quantitative estimate of drug-likeness (QED) is 0.763. The summed E-state index contributed by atoms with van der Waals surface area (Å²) in [5.74, 6) is 2.10. The number of morpholine rings is 1. The van der Waals surface area contributed by atoms with Crippen LogP contribution in [0.3, 0.4) is 0 Å². The summed E-state index contributed by atoms with van der Waals surface area (Å²) in [5, 5.41) is 9.80. The molecule has 0 spiro atoms. The molecule has 1 aliphatic carbocycles. The van der Waals surface area contributed by atoms with Gasteiger partial charge in [-0.15, -0.1) is 10.2 Å². The molecule has 17 heavy (non-hydrogen) atoms. The van der Waals surface area contributed by atoms with Crippen molar-refractivity contribution in [2.45, 2.75) is 31.0 Å². The molecule has 1 saturated carbocycles. The van der Waals surface area contributed by atoms with Gasteiger partial charge in [0.05, 0.1) is 13.2 Å². The van der Waals surface area contributed by atoms with Crippen LogP contribution in [0.4, 0.5) is 5.95 Å². The topological polar surface area (TPSA) is 43.2 Å². The summed E-state index contributed by atoms with van der Waals surface area (Å²) in [7, 11) is 0. The third kappa shape index (κ3) is 2.28. The van der Waals surface area contributed by atoms with Crippen LogP contribution in [0.25, 0.3) is 0 Å². The monoisotopic (exact) mass is 254 g/mol. The van der Waals surface area contributed by atoms with Gasteiger partial charge in [0, 0.05) is 19.1 Å². The lowest BCUT2D eigenvalue weighted by atomic mass is 10.4. The highest BCUT2D eigenvalue weighted by atomic mass is 32.2. The number of hydrogen-bond donors (Lipinski definition) is 0. The fourth-order valence-corrected chi connectivity index (χ4v) is 2.85. The molecule has 2 heterocycles. The van der Waals surface area contributed by atoms with E-state index >= 15 is 0 Å². The predicted molar refractivity (Wildman–Crippen MR) is 67.7 cm³/mol. The zero-order valence-electron chi connectivity index (χ0n) is 10.1. The van der Waals surface area contributed by atoms with Crippen molar-refractivity contribution < 1.29 is 4.74 Å². The van der Waals surface area contributed by atoms with Gasteiger partial charge in [-0.3, -0.25) is 4.57 Å². The predicted octanol–water partition coefficient (Wildman–Crippen LogP) is 1.56. The number of hydrogen-bond acceptors (Lipinski definition) is 5. The number of ether oxygens (including phenoxy) is 1. The molecule has 1 aromatic rings. The van der Waals surface area contributed by atoms with Crippen molar-refractivity contribution in [2.24, 2.45) is 0 Å². The Bertz CT molecular complexity index is 385. The van der Waals surface area contributed by atoms with Crippen LogP contribution in [0, 0.1) is 0 Å². The van der Waals surface area contributed by atoms with E-state index in [0.717, 1.165) is 43.2 Å². The van der Waals surface area contributed by atoms with E-state index in [1.807, 2.05) is 0 Å². The Morgan fingerprint density at radius 2 is 2.06 bits per heavy atom. The summed E-state index contributed by atoms with van der Waals surface area (Å²) in [5.41, 5.74) is 0. The van der Waals surface area contributed by atoms with Crippen LogP contribution in [0.15, 0.2) is 5.16 Å². The maximum absolute atomic E-state index is 5.39. The van der Waals surface area contributed by atoms with Gasteiger partial charge in [-0.25, -0.2) is 0 Å². The lowest BCUT2D eigenvalue weighted by molar-refractivity contribution is 0.121. The first-order chi connectivity index (χ1) is 8.40. The van der Waals surface area contributed by atoms with Crippen LogP contribution < -0.4 is 4.90 Å². The van der Waals surface area contributed by atoms with E-state index in [-0.39, 0.29) is 0 Å². The van der Waals surface area contributed by atoms with Gasteiger partial charge < -0.3 is 9.64 Å². The van der Waals surface area contributed by atoms with Crippen molar-refractivity contribution in [1.82, 2.24) is 14.8 Å². The zero-order valence-corrected chi connectivity index (χ0v) is 10.9. The van der Waals surface area contributed by atoms with E-state index in [0.29, 0.717) is 6.04 Å². The molecule has 2 fully saturated rings. The van der Waals surface area contributed by atoms with Gasteiger partial charge in [-0.1, -0.05) is 18.7 Å². The van der Waals surface area contributed by atoms with Crippen molar-refractivity contribution in [3.63, 3.8) is 0 Å². The molecule has 0 radical (unpaired) electrons. The Hall–Kier alpha value is -0.750. The molecule has 94 valence electrons. The number of thioether (sulfide) groups is 1. The molecule has 0 bridgehead atoms. The molecule has 0 aromatic carbocycles. The summed E-state index contributed by atoms with van der Waals surface area (Å²) >= 11 is 1.79. The smallest absolute Gasteiger partial charge is 0.228 e. The Morgan fingerprint density at radius 3 is 2.71 bits per heavy atom. The SMILES string of the molecule is CCSc1nnc(N2CCOCC2)n1C1CC1. The van der Waals surface area contributed by atoms with Crippen molar-refractivity contribution >= 4 is 17.7 Å². The van der Waals surface area contributed by atoms with Gasteiger partial charge >= 0.3 is 0 Å². The van der Waals surface area contributed by atoms with E-state index in [9.17, 15) is 0 Å². The van der Waals surface area contributed by atoms with Crippen LogP contribution >= 0.6 is 11.8 Å². The van der Waals surface area contributed by atoms with Gasteiger partial charge in [0.25, 0.3) is 0 Å². The van der Waals surface area contributed by atoms with E-state index in [4.69, 9.17) is 4.74 Å². The van der Waals surface area contributed by atoms with Crippen LogP contribution in [0.1, 0.15) is 25.8 Å². The summed E-state index contributed by atoms with van der Waals surface area (Å²) < 4.78 is 7.72. The Labute approximate surface area is 106 Å². The first-order valence-corrected chi connectivity index (χ1v) is 7.29. The highest BCUT2D eigenvalue weighted by Gasteiger charge is 2.31. The third-order valence-corrected chi connectivity index (χ3v) is 3.95. The minimum Gasteiger partial charge on any atom is -0.378 e. The Balaban J connectivity index is 1.86. The molecule has 0 N–H and O–H groups in total. The molecular formula is C11H18N4OS. The number of anilines is 1. The van der Waals surface area contributed by atoms with Crippen molar-refractivity contribution in [1.29, 1.82) is 0 Å². The fourth-order valence-electron chi connectivity index (χ4n) is 2.13. The van der Waals surface area contributed by atoms with E-state index < -0.39 is 0 Å². The second-order valence-corrected chi connectivity index (χ2v) is 5.65. The molecule has 1 aromatic heterocycles. The lowest BCUT2D eigenvalue weighted by Crippen LogP contribution is -2.38. The molecule has 2 aliphatic rings. The van der Waals surface area contributed by atoms with Crippen molar-refractivity contribution in [2.75, 3.05) is 37.0 Å². The largest absolute Gasteiger partial charge is 0.378 e. The van der Waals surface area contributed by atoms with Crippen LogP contribution in [-0.2, 0) is 4.74 Å². The molecule has 1 aliphatic heterocycles. The van der Waals surface area contributed by atoms with Crippen LogP contribution in [0.2, 0.25) is 0 Å². The van der Waals surface area contributed by atoms with Gasteiger partial charge in [0.1, 0.15) is 0 Å². The molecule has 1 saturated heterocycles. The Morgan fingerprint density at radius 1 is 1.29 bits per heavy atom.